The molecule has 2 unspecified atom stereocenters. The summed E-state index contributed by atoms with van der Waals surface area (Å²) < 4.78 is 0. The zero-order chi connectivity index (χ0) is 10.4. The van der Waals surface area contributed by atoms with Crippen molar-refractivity contribution in [3.05, 3.63) is 0 Å². The second-order valence-electron chi connectivity index (χ2n) is 4.22. The van der Waals surface area contributed by atoms with Gasteiger partial charge in [-0.1, -0.05) is 6.92 Å². The van der Waals surface area contributed by atoms with Crippen LogP contribution in [0, 0.1) is 17.2 Å². The van der Waals surface area contributed by atoms with Gasteiger partial charge < -0.3 is 10.2 Å². The molecule has 0 aliphatic carbocycles. The lowest BCUT2D eigenvalue weighted by Crippen LogP contribution is -2.32. The van der Waals surface area contributed by atoms with Crippen LogP contribution in [0.1, 0.15) is 26.7 Å². The number of hydrogen-bond donors (Lipinski definition) is 1. The number of likely N-dealkylation sites (tertiary alicyclic amines) is 1. The van der Waals surface area contributed by atoms with E-state index in [4.69, 9.17) is 5.26 Å². The van der Waals surface area contributed by atoms with Crippen LogP contribution in [0.4, 0.5) is 0 Å². The SMILES string of the molecule is CCN1CCC(CNC(C)CC#N)C1. The molecule has 3 nitrogen and oxygen atoms in total. The quantitative estimate of drug-likeness (QED) is 0.717. The number of nitrogens with one attached hydrogen (secondary N) is 1. The fourth-order valence-corrected chi connectivity index (χ4v) is 1.94. The number of nitriles is 1. The molecule has 1 saturated heterocycles. The Morgan fingerprint density at radius 2 is 2.43 bits per heavy atom. The Morgan fingerprint density at radius 1 is 1.64 bits per heavy atom. The van der Waals surface area contributed by atoms with Gasteiger partial charge >= 0.3 is 0 Å². The monoisotopic (exact) mass is 195 g/mol. The van der Waals surface area contributed by atoms with Crippen LogP contribution in [0.2, 0.25) is 0 Å². The van der Waals surface area contributed by atoms with E-state index >= 15 is 0 Å². The summed E-state index contributed by atoms with van der Waals surface area (Å²) in [5.41, 5.74) is 0. The predicted octanol–water partition coefficient (Wildman–Crippen LogP) is 1.22. The Labute approximate surface area is 87.1 Å². The van der Waals surface area contributed by atoms with Gasteiger partial charge in [0.2, 0.25) is 0 Å². The number of nitrogens with zero attached hydrogens (tertiary/aromatic N) is 2. The second-order valence-corrected chi connectivity index (χ2v) is 4.22. The molecule has 0 aromatic carbocycles. The molecule has 0 spiro atoms. The van der Waals surface area contributed by atoms with E-state index in [-0.39, 0.29) is 0 Å². The van der Waals surface area contributed by atoms with Crippen molar-refractivity contribution < 1.29 is 0 Å². The van der Waals surface area contributed by atoms with E-state index in [0.717, 1.165) is 12.5 Å². The van der Waals surface area contributed by atoms with Gasteiger partial charge in [0.25, 0.3) is 0 Å². The van der Waals surface area contributed by atoms with Crippen molar-refractivity contribution >= 4 is 0 Å². The average Bonchev–Trinajstić information content (AvgIpc) is 2.63. The molecule has 1 fully saturated rings. The molecule has 1 rings (SSSR count). The molecule has 1 aliphatic rings. The van der Waals surface area contributed by atoms with Gasteiger partial charge in [-0.15, -0.1) is 0 Å². The van der Waals surface area contributed by atoms with Crippen LogP contribution in [-0.4, -0.2) is 37.1 Å². The molecule has 0 saturated carbocycles. The molecule has 1 heterocycles. The first-order chi connectivity index (χ1) is 6.76. The van der Waals surface area contributed by atoms with Crippen LogP contribution in [0.25, 0.3) is 0 Å². The Morgan fingerprint density at radius 3 is 3.00 bits per heavy atom. The molecule has 3 heteroatoms. The molecule has 0 radical (unpaired) electrons. The van der Waals surface area contributed by atoms with Crippen molar-refractivity contribution in [2.75, 3.05) is 26.2 Å². The largest absolute Gasteiger partial charge is 0.313 e. The van der Waals surface area contributed by atoms with Gasteiger partial charge in [0, 0.05) is 12.6 Å². The van der Waals surface area contributed by atoms with Gasteiger partial charge in [0.15, 0.2) is 0 Å². The maximum atomic E-state index is 8.51. The van der Waals surface area contributed by atoms with E-state index in [1.165, 1.54) is 26.1 Å². The fraction of sp³-hybridized carbons (Fsp3) is 0.909. The first kappa shape index (κ1) is 11.5. The minimum absolute atomic E-state index is 0.343. The van der Waals surface area contributed by atoms with Crippen molar-refractivity contribution in [3.63, 3.8) is 0 Å². The standard InChI is InChI=1S/C11H21N3/c1-3-14-7-5-11(9-14)8-13-10(2)4-6-12/h10-11,13H,3-5,7-9H2,1-2H3. The smallest absolute Gasteiger partial charge is 0.0638 e. The highest BCUT2D eigenvalue weighted by Gasteiger charge is 2.20. The zero-order valence-electron chi connectivity index (χ0n) is 9.29. The van der Waals surface area contributed by atoms with E-state index in [9.17, 15) is 0 Å². The van der Waals surface area contributed by atoms with Gasteiger partial charge in [0.1, 0.15) is 0 Å². The lowest BCUT2D eigenvalue weighted by molar-refractivity contribution is 0.336. The molecule has 0 aromatic rings. The summed E-state index contributed by atoms with van der Waals surface area (Å²) in [5, 5.41) is 11.9. The predicted molar refractivity (Wildman–Crippen MR) is 57.9 cm³/mol. The van der Waals surface area contributed by atoms with Gasteiger partial charge in [-0.3, -0.25) is 0 Å². The first-order valence-corrected chi connectivity index (χ1v) is 5.59. The van der Waals surface area contributed by atoms with E-state index in [2.05, 4.69) is 30.1 Å². The van der Waals surface area contributed by atoms with Crippen LogP contribution in [0.3, 0.4) is 0 Å². The minimum Gasteiger partial charge on any atom is -0.313 e. The fourth-order valence-electron chi connectivity index (χ4n) is 1.94. The first-order valence-electron chi connectivity index (χ1n) is 5.59. The third-order valence-corrected chi connectivity index (χ3v) is 2.97. The Kier molecular flexibility index (Phi) is 4.92. The third kappa shape index (κ3) is 3.65. The molecule has 1 N–H and O–H groups in total. The number of rotatable bonds is 5. The molecule has 0 aromatic heterocycles. The van der Waals surface area contributed by atoms with Crippen LogP contribution in [-0.2, 0) is 0 Å². The van der Waals surface area contributed by atoms with Gasteiger partial charge in [0.05, 0.1) is 12.5 Å². The Balaban J connectivity index is 2.11. The molecule has 14 heavy (non-hydrogen) atoms. The average molecular weight is 195 g/mol. The highest BCUT2D eigenvalue weighted by atomic mass is 15.1. The normalized spacial score (nSPS) is 24.8. The highest BCUT2D eigenvalue weighted by Crippen LogP contribution is 2.14. The lowest BCUT2D eigenvalue weighted by atomic mass is 10.1. The van der Waals surface area contributed by atoms with Crippen molar-refractivity contribution in [2.45, 2.75) is 32.7 Å². The Hall–Kier alpha value is -0.590. The topological polar surface area (TPSA) is 39.1 Å². The Bertz CT molecular complexity index is 197. The summed E-state index contributed by atoms with van der Waals surface area (Å²) in [6, 6.07) is 2.53. The van der Waals surface area contributed by atoms with Crippen LogP contribution in [0.5, 0.6) is 0 Å². The second kappa shape index (κ2) is 6.00. The van der Waals surface area contributed by atoms with Crippen molar-refractivity contribution in [1.82, 2.24) is 10.2 Å². The van der Waals surface area contributed by atoms with Crippen molar-refractivity contribution in [1.29, 1.82) is 5.26 Å². The van der Waals surface area contributed by atoms with Crippen LogP contribution < -0.4 is 5.32 Å². The summed E-state index contributed by atoms with van der Waals surface area (Å²) >= 11 is 0. The maximum absolute atomic E-state index is 8.51. The molecule has 1 aliphatic heterocycles. The van der Waals surface area contributed by atoms with Crippen LogP contribution in [0.15, 0.2) is 0 Å². The maximum Gasteiger partial charge on any atom is 0.0638 e. The number of hydrogen-bond acceptors (Lipinski definition) is 3. The van der Waals surface area contributed by atoms with E-state index in [1.807, 2.05) is 0 Å². The molecule has 2 atom stereocenters. The summed E-state index contributed by atoms with van der Waals surface area (Å²) in [6.45, 7) is 9.01. The van der Waals surface area contributed by atoms with Crippen LogP contribution >= 0.6 is 0 Å². The molecular weight excluding hydrogens is 174 g/mol. The summed E-state index contributed by atoms with van der Waals surface area (Å²) in [4.78, 5) is 2.49. The molecular formula is C11H21N3. The van der Waals surface area contributed by atoms with E-state index < -0.39 is 0 Å². The summed E-state index contributed by atoms with van der Waals surface area (Å²) in [6.07, 6.45) is 1.92. The van der Waals surface area contributed by atoms with Gasteiger partial charge in [-0.2, -0.15) is 5.26 Å². The van der Waals surface area contributed by atoms with E-state index in [1.54, 1.807) is 0 Å². The molecule has 80 valence electrons. The van der Waals surface area contributed by atoms with Crippen molar-refractivity contribution in [2.24, 2.45) is 5.92 Å². The molecule has 0 bridgehead atoms. The van der Waals surface area contributed by atoms with Crippen molar-refractivity contribution in [3.8, 4) is 6.07 Å². The summed E-state index contributed by atoms with van der Waals surface area (Å²) in [7, 11) is 0. The summed E-state index contributed by atoms with van der Waals surface area (Å²) in [5.74, 6) is 0.788. The van der Waals surface area contributed by atoms with Gasteiger partial charge in [-0.25, -0.2) is 0 Å². The van der Waals surface area contributed by atoms with E-state index in [0.29, 0.717) is 12.5 Å². The zero-order valence-corrected chi connectivity index (χ0v) is 9.29. The lowest BCUT2D eigenvalue weighted by Gasteiger charge is -2.16. The third-order valence-electron chi connectivity index (χ3n) is 2.97. The highest BCUT2D eigenvalue weighted by molar-refractivity contribution is 4.81. The minimum atomic E-state index is 0.343. The molecule has 0 amide bonds. The van der Waals surface area contributed by atoms with Gasteiger partial charge in [-0.05, 0) is 38.9 Å².